The monoisotopic (exact) mass is 247 g/mol. The van der Waals surface area contributed by atoms with Gasteiger partial charge in [0.25, 0.3) is 0 Å². The minimum atomic E-state index is 0.0486. The molecular formula is C16H25NO. The molecule has 1 rings (SSSR count). The first-order valence-electron chi connectivity index (χ1n) is 6.76. The average Bonchev–Trinajstić information content (AvgIpc) is 2.28. The van der Waals surface area contributed by atoms with E-state index in [4.69, 9.17) is 0 Å². The highest BCUT2D eigenvalue weighted by Crippen LogP contribution is 2.16. The molecule has 0 saturated carbocycles. The van der Waals surface area contributed by atoms with Crippen LogP contribution in [0.15, 0.2) is 24.3 Å². The number of hydrogen-bond acceptors (Lipinski definition) is 1. The molecule has 0 bridgehead atoms. The highest BCUT2D eigenvalue weighted by molar-refractivity contribution is 5.73. The van der Waals surface area contributed by atoms with E-state index in [1.54, 1.807) is 6.92 Å². The fourth-order valence-corrected chi connectivity index (χ4v) is 2.01. The lowest BCUT2D eigenvalue weighted by molar-refractivity contribution is -0.119. The molecule has 1 aromatic carbocycles. The van der Waals surface area contributed by atoms with Crippen LogP contribution < -0.4 is 5.32 Å². The molecule has 0 fully saturated rings. The number of amides is 1. The molecule has 1 N–H and O–H groups in total. The molecule has 1 amide bonds. The summed E-state index contributed by atoms with van der Waals surface area (Å²) in [5, 5.41) is 3.03. The first-order valence-corrected chi connectivity index (χ1v) is 6.76. The molecule has 0 radical (unpaired) electrons. The van der Waals surface area contributed by atoms with Crippen LogP contribution >= 0.6 is 0 Å². The Hall–Kier alpha value is -1.31. The number of carbonyl (C=O) groups excluding carboxylic acids is 1. The summed E-state index contributed by atoms with van der Waals surface area (Å²) < 4.78 is 0. The molecule has 2 nitrogen and oxygen atoms in total. The Kier molecular flexibility index (Phi) is 5.39. The van der Waals surface area contributed by atoms with Gasteiger partial charge in [-0.15, -0.1) is 0 Å². The second kappa shape index (κ2) is 6.58. The Balaban J connectivity index is 2.72. The van der Waals surface area contributed by atoms with Gasteiger partial charge in [-0.05, 0) is 29.4 Å². The number of carbonyl (C=O) groups is 1. The van der Waals surface area contributed by atoms with Crippen LogP contribution in [-0.4, -0.2) is 11.9 Å². The predicted octanol–water partition coefficient (Wildman–Crippen LogP) is 3.51. The van der Waals surface area contributed by atoms with Gasteiger partial charge >= 0.3 is 0 Å². The third kappa shape index (κ3) is 4.52. The molecule has 100 valence electrons. The standard InChI is InChI=1S/C16H25NO/c1-11(2)15-8-6-14(7-9-15)10-16(12(3)4)17-13(5)18/h6-9,11-12,16H,10H2,1-5H3,(H,17,18). The number of rotatable bonds is 5. The van der Waals surface area contributed by atoms with E-state index in [2.05, 4.69) is 57.3 Å². The van der Waals surface area contributed by atoms with Crippen LogP contribution in [0.25, 0.3) is 0 Å². The van der Waals surface area contributed by atoms with Crippen LogP contribution in [-0.2, 0) is 11.2 Å². The van der Waals surface area contributed by atoms with E-state index in [0.717, 1.165) is 6.42 Å². The molecule has 1 unspecified atom stereocenters. The Morgan fingerprint density at radius 1 is 1.11 bits per heavy atom. The van der Waals surface area contributed by atoms with Crippen molar-refractivity contribution in [3.63, 3.8) is 0 Å². The van der Waals surface area contributed by atoms with Crippen molar-refractivity contribution in [2.45, 2.75) is 53.0 Å². The third-order valence-corrected chi connectivity index (χ3v) is 3.30. The molecule has 0 heterocycles. The van der Waals surface area contributed by atoms with Gasteiger partial charge in [0, 0.05) is 13.0 Å². The van der Waals surface area contributed by atoms with E-state index in [1.807, 2.05) is 0 Å². The minimum absolute atomic E-state index is 0.0486. The van der Waals surface area contributed by atoms with Crippen molar-refractivity contribution >= 4 is 5.91 Å². The molecule has 2 heteroatoms. The highest BCUT2D eigenvalue weighted by Gasteiger charge is 2.14. The van der Waals surface area contributed by atoms with Crippen molar-refractivity contribution in [1.29, 1.82) is 0 Å². The number of nitrogens with one attached hydrogen (secondary N) is 1. The van der Waals surface area contributed by atoms with Crippen molar-refractivity contribution in [3.8, 4) is 0 Å². The van der Waals surface area contributed by atoms with Crippen molar-refractivity contribution < 1.29 is 4.79 Å². The fraction of sp³-hybridized carbons (Fsp3) is 0.562. The molecule has 0 spiro atoms. The topological polar surface area (TPSA) is 29.1 Å². The van der Waals surface area contributed by atoms with Gasteiger partial charge in [0.05, 0.1) is 0 Å². The summed E-state index contributed by atoms with van der Waals surface area (Å²) in [6.45, 7) is 10.3. The summed E-state index contributed by atoms with van der Waals surface area (Å²) in [4.78, 5) is 11.2. The van der Waals surface area contributed by atoms with Crippen LogP contribution in [0, 0.1) is 5.92 Å². The maximum absolute atomic E-state index is 11.2. The lowest BCUT2D eigenvalue weighted by atomic mass is 9.94. The number of benzene rings is 1. The van der Waals surface area contributed by atoms with Crippen molar-refractivity contribution in [2.75, 3.05) is 0 Å². The lowest BCUT2D eigenvalue weighted by Gasteiger charge is -2.22. The van der Waals surface area contributed by atoms with Gasteiger partial charge in [0.2, 0.25) is 5.91 Å². The molecular weight excluding hydrogens is 222 g/mol. The van der Waals surface area contributed by atoms with E-state index in [-0.39, 0.29) is 11.9 Å². The lowest BCUT2D eigenvalue weighted by Crippen LogP contribution is -2.38. The zero-order chi connectivity index (χ0) is 13.7. The SMILES string of the molecule is CC(=O)NC(Cc1ccc(C(C)C)cc1)C(C)C. The van der Waals surface area contributed by atoms with Gasteiger partial charge in [0.1, 0.15) is 0 Å². The second-order valence-corrected chi connectivity index (χ2v) is 5.65. The normalized spacial score (nSPS) is 12.8. The smallest absolute Gasteiger partial charge is 0.217 e. The summed E-state index contributed by atoms with van der Waals surface area (Å²) in [6.07, 6.45) is 0.898. The first-order chi connectivity index (χ1) is 8.40. The molecule has 0 aliphatic carbocycles. The van der Waals surface area contributed by atoms with Crippen molar-refractivity contribution in [3.05, 3.63) is 35.4 Å². The quantitative estimate of drug-likeness (QED) is 0.847. The van der Waals surface area contributed by atoms with Gasteiger partial charge in [-0.25, -0.2) is 0 Å². The van der Waals surface area contributed by atoms with E-state index in [0.29, 0.717) is 11.8 Å². The molecule has 0 aliphatic rings. The van der Waals surface area contributed by atoms with Crippen LogP contribution in [0.4, 0.5) is 0 Å². The van der Waals surface area contributed by atoms with E-state index in [9.17, 15) is 4.79 Å². The average molecular weight is 247 g/mol. The number of hydrogen-bond donors (Lipinski definition) is 1. The third-order valence-electron chi connectivity index (χ3n) is 3.30. The van der Waals surface area contributed by atoms with Gasteiger partial charge in [-0.1, -0.05) is 52.0 Å². The van der Waals surface area contributed by atoms with Gasteiger partial charge < -0.3 is 5.32 Å². The summed E-state index contributed by atoms with van der Waals surface area (Å²) >= 11 is 0. The van der Waals surface area contributed by atoms with Crippen LogP contribution in [0.1, 0.15) is 51.7 Å². The zero-order valence-electron chi connectivity index (χ0n) is 12.2. The second-order valence-electron chi connectivity index (χ2n) is 5.65. The summed E-state index contributed by atoms with van der Waals surface area (Å²) in [5.74, 6) is 1.06. The molecule has 0 aromatic heterocycles. The van der Waals surface area contributed by atoms with Crippen molar-refractivity contribution in [2.24, 2.45) is 5.92 Å². The Bertz CT molecular complexity index is 379. The van der Waals surface area contributed by atoms with Crippen LogP contribution in [0.5, 0.6) is 0 Å². The molecule has 0 saturated heterocycles. The maximum Gasteiger partial charge on any atom is 0.217 e. The minimum Gasteiger partial charge on any atom is -0.353 e. The molecule has 1 atom stereocenters. The van der Waals surface area contributed by atoms with Crippen LogP contribution in [0.2, 0.25) is 0 Å². The highest BCUT2D eigenvalue weighted by atomic mass is 16.1. The molecule has 1 aromatic rings. The van der Waals surface area contributed by atoms with Gasteiger partial charge in [0.15, 0.2) is 0 Å². The Labute approximate surface area is 111 Å². The first kappa shape index (κ1) is 14.7. The van der Waals surface area contributed by atoms with E-state index in [1.165, 1.54) is 11.1 Å². The Morgan fingerprint density at radius 2 is 1.67 bits per heavy atom. The maximum atomic E-state index is 11.2. The van der Waals surface area contributed by atoms with Gasteiger partial charge in [-0.2, -0.15) is 0 Å². The molecule has 18 heavy (non-hydrogen) atoms. The fourth-order valence-electron chi connectivity index (χ4n) is 2.01. The largest absolute Gasteiger partial charge is 0.353 e. The van der Waals surface area contributed by atoms with E-state index < -0.39 is 0 Å². The van der Waals surface area contributed by atoms with E-state index >= 15 is 0 Å². The molecule has 0 aliphatic heterocycles. The van der Waals surface area contributed by atoms with Crippen LogP contribution in [0.3, 0.4) is 0 Å². The summed E-state index contributed by atoms with van der Waals surface area (Å²) in [6, 6.07) is 8.93. The van der Waals surface area contributed by atoms with Crippen molar-refractivity contribution in [1.82, 2.24) is 5.32 Å². The Morgan fingerprint density at radius 3 is 2.06 bits per heavy atom. The summed E-state index contributed by atoms with van der Waals surface area (Å²) in [5.41, 5.74) is 2.64. The van der Waals surface area contributed by atoms with Gasteiger partial charge in [-0.3, -0.25) is 4.79 Å². The predicted molar refractivity (Wildman–Crippen MR) is 76.7 cm³/mol. The zero-order valence-corrected chi connectivity index (χ0v) is 12.2. The summed E-state index contributed by atoms with van der Waals surface area (Å²) in [7, 11) is 0.